The lowest BCUT2D eigenvalue weighted by Crippen LogP contribution is -2.58. The Kier molecular flexibility index (Phi) is 3.52. The van der Waals surface area contributed by atoms with Crippen LogP contribution < -0.4 is 0 Å². The molecule has 10 heteroatoms. The minimum Gasteiger partial charge on any atom is -0.476 e. The van der Waals surface area contributed by atoms with Crippen LogP contribution in [-0.4, -0.2) is 69.4 Å². The van der Waals surface area contributed by atoms with E-state index in [1.54, 1.807) is 0 Å². The first kappa shape index (κ1) is 15.4. The van der Waals surface area contributed by atoms with Crippen molar-refractivity contribution >= 4 is 21.7 Å². The summed E-state index contributed by atoms with van der Waals surface area (Å²) in [4.78, 5) is 24.3. The number of likely N-dealkylation sites (tertiary alicyclic amines) is 1. The molecule has 0 saturated carbocycles. The maximum Gasteiger partial charge on any atom is 0.358 e. The molecule has 0 spiro atoms. The van der Waals surface area contributed by atoms with Gasteiger partial charge in [0.2, 0.25) is 5.91 Å². The monoisotopic (exact) mass is 316 g/mol. The zero-order chi connectivity index (χ0) is 16.0. The van der Waals surface area contributed by atoms with Crippen LogP contribution in [0.5, 0.6) is 0 Å². The number of hydrogen-bond acceptors (Lipinski definition) is 6. The number of aromatic carboxylic acids is 1. The molecule has 0 aliphatic carbocycles. The Morgan fingerprint density at radius 1 is 1.38 bits per heavy atom. The Bertz CT molecular complexity index is 687. The third-order valence-corrected chi connectivity index (χ3v) is 5.72. The van der Waals surface area contributed by atoms with Crippen LogP contribution >= 0.6 is 0 Å². The van der Waals surface area contributed by atoms with Gasteiger partial charge in [-0.25, -0.2) is 17.9 Å². The minimum absolute atomic E-state index is 0.170. The maximum absolute atomic E-state index is 12.2. The van der Waals surface area contributed by atoms with E-state index in [0.717, 1.165) is 6.26 Å². The highest BCUT2D eigenvalue weighted by atomic mass is 32.2. The SMILES string of the molecule is CC(C)(C(=O)N1CC(n2cc(C(=O)O)nn2)C1)S(C)(=O)=O. The Balaban J connectivity index is 2.03. The molecule has 2 rings (SSSR count). The van der Waals surface area contributed by atoms with E-state index in [1.165, 1.54) is 29.6 Å². The number of carboxylic acids is 1. The van der Waals surface area contributed by atoms with Gasteiger partial charge in [-0.15, -0.1) is 5.10 Å². The van der Waals surface area contributed by atoms with Crippen LogP contribution in [0.1, 0.15) is 30.4 Å². The summed E-state index contributed by atoms with van der Waals surface area (Å²) >= 11 is 0. The summed E-state index contributed by atoms with van der Waals surface area (Å²) in [6.07, 6.45) is 2.31. The molecule has 21 heavy (non-hydrogen) atoms. The van der Waals surface area contributed by atoms with Crippen molar-refractivity contribution < 1.29 is 23.1 Å². The average Bonchev–Trinajstić information content (AvgIpc) is 2.74. The van der Waals surface area contributed by atoms with E-state index in [4.69, 9.17) is 5.11 Å². The molecule has 1 saturated heterocycles. The van der Waals surface area contributed by atoms with Gasteiger partial charge in [-0.2, -0.15) is 0 Å². The highest BCUT2D eigenvalue weighted by molar-refractivity contribution is 7.92. The normalized spacial score (nSPS) is 16.6. The fraction of sp³-hybridized carbons (Fsp3) is 0.636. The van der Waals surface area contributed by atoms with E-state index < -0.39 is 26.5 Å². The van der Waals surface area contributed by atoms with Crippen molar-refractivity contribution in [1.82, 2.24) is 19.9 Å². The Hall–Kier alpha value is -1.97. The lowest BCUT2D eigenvalue weighted by molar-refractivity contribution is -0.139. The molecule has 1 aliphatic heterocycles. The predicted molar refractivity (Wildman–Crippen MR) is 71.5 cm³/mol. The van der Waals surface area contributed by atoms with Crippen LogP contribution in [0.15, 0.2) is 6.20 Å². The van der Waals surface area contributed by atoms with Crippen molar-refractivity contribution in [1.29, 1.82) is 0 Å². The van der Waals surface area contributed by atoms with Crippen molar-refractivity contribution in [3.05, 3.63) is 11.9 Å². The molecule has 116 valence electrons. The third-order valence-electron chi connectivity index (χ3n) is 3.70. The number of hydrogen-bond donors (Lipinski definition) is 1. The van der Waals surface area contributed by atoms with E-state index >= 15 is 0 Å². The minimum atomic E-state index is -3.52. The summed E-state index contributed by atoms with van der Waals surface area (Å²) in [6, 6.07) is -0.190. The lowest BCUT2D eigenvalue weighted by atomic mass is 10.1. The number of aromatic nitrogens is 3. The van der Waals surface area contributed by atoms with Crippen molar-refractivity contribution in [3.63, 3.8) is 0 Å². The maximum atomic E-state index is 12.2. The summed E-state index contributed by atoms with van der Waals surface area (Å²) < 4.78 is 23.2. The molecule has 0 bridgehead atoms. The summed E-state index contributed by atoms with van der Waals surface area (Å²) in [5.74, 6) is -1.65. The van der Waals surface area contributed by atoms with E-state index in [-0.39, 0.29) is 24.8 Å². The smallest absolute Gasteiger partial charge is 0.358 e. The van der Waals surface area contributed by atoms with Gasteiger partial charge in [0, 0.05) is 19.3 Å². The first-order valence-electron chi connectivity index (χ1n) is 6.18. The molecule has 1 aliphatic rings. The number of amides is 1. The molecule has 0 aromatic carbocycles. The molecule has 2 heterocycles. The van der Waals surface area contributed by atoms with Gasteiger partial charge in [0.05, 0.1) is 12.2 Å². The van der Waals surface area contributed by atoms with Gasteiger partial charge in [-0.3, -0.25) is 4.79 Å². The number of rotatable bonds is 4. The molecule has 1 amide bonds. The summed E-state index contributed by atoms with van der Waals surface area (Å²) in [5.41, 5.74) is -0.170. The second-order valence-electron chi connectivity index (χ2n) is 5.54. The van der Waals surface area contributed by atoms with E-state index in [1.807, 2.05) is 0 Å². The molecule has 1 N–H and O–H groups in total. The Morgan fingerprint density at radius 3 is 2.38 bits per heavy atom. The molecule has 1 aromatic heterocycles. The fourth-order valence-corrected chi connectivity index (χ4v) is 2.33. The quantitative estimate of drug-likeness (QED) is 0.770. The molecular weight excluding hydrogens is 300 g/mol. The van der Waals surface area contributed by atoms with Crippen molar-refractivity contribution in [2.75, 3.05) is 19.3 Å². The highest BCUT2D eigenvalue weighted by Crippen LogP contribution is 2.26. The number of sulfone groups is 1. The largest absolute Gasteiger partial charge is 0.476 e. The molecule has 0 atom stereocenters. The highest BCUT2D eigenvalue weighted by Gasteiger charge is 2.45. The van der Waals surface area contributed by atoms with Crippen LogP contribution in [0.2, 0.25) is 0 Å². The predicted octanol–water partition coefficient (Wildman–Crippen LogP) is -0.817. The first-order valence-corrected chi connectivity index (χ1v) is 8.07. The number of nitrogens with zero attached hydrogens (tertiary/aromatic N) is 4. The fourth-order valence-electron chi connectivity index (χ4n) is 1.88. The first-order chi connectivity index (χ1) is 9.54. The van der Waals surface area contributed by atoms with Gasteiger partial charge in [0.15, 0.2) is 15.5 Å². The molecule has 1 aromatic rings. The molecule has 9 nitrogen and oxygen atoms in total. The van der Waals surface area contributed by atoms with Gasteiger partial charge in [-0.1, -0.05) is 5.21 Å². The Morgan fingerprint density at radius 2 is 1.95 bits per heavy atom. The van der Waals surface area contributed by atoms with Gasteiger partial charge in [-0.05, 0) is 13.8 Å². The lowest BCUT2D eigenvalue weighted by Gasteiger charge is -2.42. The molecule has 0 radical (unpaired) electrons. The van der Waals surface area contributed by atoms with Crippen LogP contribution in [0.3, 0.4) is 0 Å². The standard InChI is InChI=1S/C11H16N4O5S/c1-11(2,21(3,19)20)10(18)14-4-7(5-14)15-6-8(9(16)17)12-13-15/h6-7H,4-5H2,1-3H3,(H,16,17). The second kappa shape index (κ2) is 4.79. The molecule has 0 unspecified atom stereocenters. The summed E-state index contributed by atoms with van der Waals surface area (Å²) in [6.45, 7) is 3.30. The number of carboxylic acid groups (broad SMARTS) is 1. The van der Waals surface area contributed by atoms with E-state index in [2.05, 4.69) is 10.3 Å². The topological polar surface area (TPSA) is 122 Å². The summed E-state index contributed by atoms with van der Waals surface area (Å²) in [5, 5.41) is 15.9. The van der Waals surface area contributed by atoms with Gasteiger partial charge in [0.1, 0.15) is 4.75 Å². The van der Waals surface area contributed by atoms with Crippen molar-refractivity contribution in [2.45, 2.75) is 24.6 Å². The molecule has 1 fully saturated rings. The second-order valence-corrected chi connectivity index (χ2v) is 8.10. The van der Waals surface area contributed by atoms with Crippen LogP contribution in [-0.2, 0) is 14.6 Å². The van der Waals surface area contributed by atoms with Crippen LogP contribution in [0.4, 0.5) is 0 Å². The zero-order valence-electron chi connectivity index (χ0n) is 11.8. The van der Waals surface area contributed by atoms with E-state index in [9.17, 15) is 18.0 Å². The number of carbonyl (C=O) groups excluding carboxylic acids is 1. The molecular formula is C11H16N4O5S. The van der Waals surface area contributed by atoms with Crippen LogP contribution in [0.25, 0.3) is 0 Å². The summed E-state index contributed by atoms with van der Waals surface area (Å²) in [7, 11) is -3.52. The van der Waals surface area contributed by atoms with Gasteiger partial charge in [0.25, 0.3) is 0 Å². The van der Waals surface area contributed by atoms with Crippen molar-refractivity contribution in [3.8, 4) is 0 Å². The van der Waals surface area contributed by atoms with Gasteiger partial charge >= 0.3 is 5.97 Å². The van der Waals surface area contributed by atoms with E-state index in [0.29, 0.717) is 0 Å². The van der Waals surface area contributed by atoms with Crippen molar-refractivity contribution in [2.24, 2.45) is 0 Å². The average molecular weight is 316 g/mol. The zero-order valence-corrected chi connectivity index (χ0v) is 12.7. The van der Waals surface area contributed by atoms with Crippen LogP contribution in [0, 0.1) is 0 Å². The number of carbonyl (C=O) groups is 2. The van der Waals surface area contributed by atoms with Gasteiger partial charge < -0.3 is 10.0 Å². The third kappa shape index (κ3) is 2.62. The Labute approximate surface area is 121 Å².